The molecule has 2 atom stereocenters. The van der Waals surface area contributed by atoms with Crippen molar-refractivity contribution in [2.75, 3.05) is 5.75 Å². The van der Waals surface area contributed by atoms with Crippen LogP contribution in [0.25, 0.3) is 0 Å². The highest BCUT2D eigenvalue weighted by molar-refractivity contribution is 8.14. The van der Waals surface area contributed by atoms with Crippen LogP contribution >= 0.6 is 11.8 Å². The fourth-order valence-electron chi connectivity index (χ4n) is 2.28. The van der Waals surface area contributed by atoms with Gasteiger partial charge >= 0.3 is 0 Å². The van der Waals surface area contributed by atoms with Gasteiger partial charge in [0, 0.05) is 5.75 Å². The fraction of sp³-hybridized carbons (Fsp3) is 0.562. The molecule has 0 amide bonds. The van der Waals surface area contributed by atoms with Gasteiger partial charge in [0.2, 0.25) is 0 Å². The van der Waals surface area contributed by atoms with Crippen LogP contribution in [0.1, 0.15) is 44.4 Å². The first kappa shape index (κ1) is 14.4. The minimum Gasteiger partial charge on any atom is -0.358 e. The van der Waals surface area contributed by atoms with Crippen LogP contribution in [-0.4, -0.2) is 17.0 Å². The van der Waals surface area contributed by atoms with E-state index in [9.17, 15) is 0 Å². The maximum Gasteiger partial charge on any atom is 0.157 e. The molecular formula is C16H24N2S. The van der Waals surface area contributed by atoms with Crippen molar-refractivity contribution in [3.8, 4) is 0 Å². The zero-order chi connectivity index (χ0) is 13.8. The number of aryl methyl sites for hydroxylation is 1. The van der Waals surface area contributed by atoms with Gasteiger partial charge in [0.15, 0.2) is 5.17 Å². The summed E-state index contributed by atoms with van der Waals surface area (Å²) in [5, 5.41) is 4.64. The molecule has 2 nitrogen and oxygen atoms in total. The van der Waals surface area contributed by atoms with Gasteiger partial charge in [0.25, 0.3) is 0 Å². The van der Waals surface area contributed by atoms with Crippen molar-refractivity contribution < 1.29 is 0 Å². The van der Waals surface area contributed by atoms with Gasteiger partial charge in [-0.25, -0.2) is 0 Å². The topological polar surface area (TPSA) is 24.4 Å². The molecule has 1 aliphatic heterocycles. The van der Waals surface area contributed by atoms with E-state index in [-0.39, 0.29) is 0 Å². The van der Waals surface area contributed by atoms with Crippen LogP contribution in [0, 0.1) is 12.8 Å². The van der Waals surface area contributed by atoms with Crippen molar-refractivity contribution in [3.05, 3.63) is 35.4 Å². The van der Waals surface area contributed by atoms with Crippen molar-refractivity contribution in [1.82, 2.24) is 5.32 Å². The molecule has 2 unspecified atom stereocenters. The Morgan fingerprint density at radius 2 is 1.95 bits per heavy atom. The van der Waals surface area contributed by atoms with E-state index in [0.717, 1.165) is 16.8 Å². The summed E-state index contributed by atoms with van der Waals surface area (Å²) in [4.78, 5) is 4.78. The van der Waals surface area contributed by atoms with Crippen molar-refractivity contribution in [3.63, 3.8) is 0 Å². The Labute approximate surface area is 121 Å². The lowest BCUT2D eigenvalue weighted by Crippen LogP contribution is -2.23. The minimum absolute atomic E-state index is 0.324. The molecule has 0 aromatic heterocycles. The highest BCUT2D eigenvalue weighted by Gasteiger charge is 2.20. The maximum atomic E-state index is 4.78. The normalized spacial score (nSPS) is 20.5. The molecule has 104 valence electrons. The van der Waals surface area contributed by atoms with E-state index in [0.29, 0.717) is 12.1 Å². The van der Waals surface area contributed by atoms with Crippen molar-refractivity contribution in [1.29, 1.82) is 0 Å². The molecular weight excluding hydrogens is 252 g/mol. The molecule has 1 aromatic carbocycles. The van der Waals surface area contributed by atoms with E-state index in [2.05, 4.69) is 57.3 Å². The molecule has 0 fully saturated rings. The minimum atomic E-state index is 0.324. The average molecular weight is 276 g/mol. The molecule has 0 saturated heterocycles. The van der Waals surface area contributed by atoms with Gasteiger partial charge in [-0.2, -0.15) is 0 Å². The molecule has 0 spiro atoms. The smallest absolute Gasteiger partial charge is 0.157 e. The molecule has 2 rings (SSSR count). The van der Waals surface area contributed by atoms with E-state index in [1.165, 1.54) is 17.5 Å². The molecule has 1 N–H and O–H groups in total. The van der Waals surface area contributed by atoms with Crippen LogP contribution in [0.15, 0.2) is 29.3 Å². The number of aliphatic imine (C=N–C) groups is 1. The van der Waals surface area contributed by atoms with Gasteiger partial charge in [-0.3, -0.25) is 4.99 Å². The molecule has 0 saturated carbocycles. The molecule has 0 radical (unpaired) electrons. The van der Waals surface area contributed by atoms with Crippen LogP contribution < -0.4 is 5.32 Å². The number of thioether (sulfide) groups is 1. The van der Waals surface area contributed by atoms with Crippen molar-refractivity contribution >= 4 is 16.9 Å². The summed E-state index contributed by atoms with van der Waals surface area (Å²) in [5.74, 6) is 1.85. The zero-order valence-corrected chi connectivity index (χ0v) is 13.1. The zero-order valence-electron chi connectivity index (χ0n) is 12.3. The number of hydrogen-bond acceptors (Lipinski definition) is 3. The predicted molar refractivity (Wildman–Crippen MR) is 85.9 cm³/mol. The van der Waals surface area contributed by atoms with Crippen molar-refractivity contribution in [2.45, 2.75) is 46.2 Å². The van der Waals surface area contributed by atoms with Gasteiger partial charge < -0.3 is 5.32 Å². The lowest BCUT2D eigenvalue weighted by Gasteiger charge is -2.15. The summed E-state index contributed by atoms with van der Waals surface area (Å²) >= 11 is 1.86. The standard InChI is InChI=1S/C16H24N2S/c1-11(2)9-15-10-19-16(18-15)17-13(4)14-7-5-12(3)6-8-14/h5-8,11,13,15H,9-10H2,1-4H3,(H,17,18). The van der Waals surface area contributed by atoms with Gasteiger partial charge in [-0.1, -0.05) is 55.4 Å². The van der Waals surface area contributed by atoms with E-state index >= 15 is 0 Å². The molecule has 0 bridgehead atoms. The van der Waals surface area contributed by atoms with E-state index in [4.69, 9.17) is 4.99 Å². The maximum absolute atomic E-state index is 4.78. The molecule has 19 heavy (non-hydrogen) atoms. The lowest BCUT2D eigenvalue weighted by molar-refractivity contribution is 0.528. The second-order valence-corrected chi connectivity index (χ2v) is 6.81. The molecule has 3 heteroatoms. The van der Waals surface area contributed by atoms with Crippen LogP contribution in [0.3, 0.4) is 0 Å². The molecule has 1 aliphatic rings. The van der Waals surface area contributed by atoms with Crippen LogP contribution in [0.5, 0.6) is 0 Å². The van der Waals surface area contributed by atoms with Crippen LogP contribution in [0.2, 0.25) is 0 Å². The Balaban J connectivity index is 1.92. The van der Waals surface area contributed by atoms with E-state index in [1.54, 1.807) is 0 Å². The Bertz CT molecular complexity index is 437. The second-order valence-electron chi connectivity index (χ2n) is 5.81. The lowest BCUT2D eigenvalue weighted by atomic mass is 10.1. The second kappa shape index (κ2) is 6.47. The number of nitrogens with one attached hydrogen (secondary N) is 1. The highest BCUT2D eigenvalue weighted by atomic mass is 32.2. The molecule has 1 heterocycles. The van der Waals surface area contributed by atoms with Crippen LogP contribution in [0.4, 0.5) is 0 Å². The Morgan fingerprint density at radius 1 is 1.26 bits per heavy atom. The average Bonchev–Trinajstić information content (AvgIpc) is 2.76. The van der Waals surface area contributed by atoms with E-state index in [1.807, 2.05) is 11.8 Å². The summed E-state index contributed by atoms with van der Waals surface area (Å²) in [5.41, 5.74) is 2.63. The van der Waals surface area contributed by atoms with Gasteiger partial charge in [0.1, 0.15) is 0 Å². The first-order valence-corrected chi connectivity index (χ1v) is 8.07. The third-order valence-corrected chi connectivity index (χ3v) is 4.42. The third kappa shape index (κ3) is 4.27. The van der Waals surface area contributed by atoms with E-state index < -0.39 is 0 Å². The summed E-state index contributed by atoms with van der Waals surface area (Å²) < 4.78 is 0. The summed E-state index contributed by atoms with van der Waals surface area (Å²) in [6.07, 6.45) is 1.19. The predicted octanol–water partition coefficient (Wildman–Crippen LogP) is 4.16. The summed E-state index contributed by atoms with van der Waals surface area (Å²) in [7, 11) is 0. The number of hydrogen-bond donors (Lipinski definition) is 1. The number of rotatable bonds is 4. The Morgan fingerprint density at radius 3 is 2.58 bits per heavy atom. The first-order valence-electron chi connectivity index (χ1n) is 7.08. The third-order valence-electron chi connectivity index (χ3n) is 3.37. The van der Waals surface area contributed by atoms with Crippen LogP contribution in [-0.2, 0) is 0 Å². The van der Waals surface area contributed by atoms with Gasteiger partial charge in [0.05, 0.1) is 12.1 Å². The SMILES string of the molecule is Cc1ccc(C(C)NC2=NC(CC(C)C)CS2)cc1. The van der Waals surface area contributed by atoms with Crippen molar-refractivity contribution in [2.24, 2.45) is 10.9 Å². The molecule has 1 aromatic rings. The Kier molecular flexibility index (Phi) is 4.92. The fourth-order valence-corrected chi connectivity index (χ4v) is 3.33. The number of amidine groups is 1. The summed E-state index contributed by atoms with van der Waals surface area (Å²) in [6, 6.07) is 9.54. The largest absolute Gasteiger partial charge is 0.358 e. The summed E-state index contributed by atoms with van der Waals surface area (Å²) in [6.45, 7) is 8.85. The molecule has 0 aliphatic carbocycles. The Hall–Kier alpha value is -0.960. The van der Waals surface area contributed by atoms with Gasteiger partial charge in [-0.05, 0) is 31.7 Å². The first-order chi connectivity index (χ1) is 9.04. The number of benzene rings is 1. The van der Waals surface area contributed by atoms with Gasteiger partial charge in [-0.15, -0.1) is 0 Å². The monoisotopic (exact) mass is 276 g/mol. The number of nitrogens with zero attached hydrogens (tertiary/aromatic N) is 1. The highest BCUT2D eigenvalue weighted by Crippen LogP contribution is 2.24. The quantitative estimate of drug-likeness (QED) is 0.893.